The summed E-state index contributed by atoms with van der Waals surface area (Å²) < 4.78 is 16.1. The summed E-state index contributed by atoms with van der Waals surface area (Å²) >= 11 is 0. The van der Waals surface area contributed by atoms with Crippen molar-refractivity contribution in [3.05, 3.63) is 106 Å². The Kier molecular flexibility index (Phi) is 7.65. The van der Waals surface area contributed by atoms with Crippen LogP contribution in [0.3, 0.4) is 0 Å². The molecule has 0 saturated heterocycles. The van der Waals surface area contributed by atoms with E-state index in [9.17, 15) is 9.59 Å². The summed E-state index contributed by atoms with van der Waals surface area (Å²) in [5, 5.41) is 6.47. The molecule has 0 radical (unpaired) electrons. The summed E-state index contributed by atoms with van der Waals surface area (Å²) in [7, 11) is 4.81. The summed E-state index contributed by atoms with van der Waals surface area (Å²) in [5.74, 6) is 1.26. The van der Waals surface area contributed by atoms with Crippen LogP contribution in [-0.2, 0) is 9.59 Å². The summed E-state index contributed by atoms with van der Waals surface area (Å²) in [6, 6.07) is 21.0. The van der Waals surface area contributed by atoms with Gasteiger partial charge in [0, 0.05) is 40.6 Å². The van der Waals surface area contributed by atoms with E-state index in [1.165, 1.54) is 0 Å². The number of ketones is 1. The fourth-order valence-electron chi connectivity index (χ4n) is 5.74. The first-order chi connectivity index (χ1) is 19.3. The molecule has 0 bridgehead atoms. The molecule has 1 amide bonds. The number of hydrogen-bond donors (Lipinski definition) is 2. The number of nitrogens with one attached hydrogen (secondary N) is 2. The van der Waals surface area contributed by atoms with Crippen LogP contribution in [0.1, 0.15) is 48.3 Å². The molecular formula is C33H34N2O5. The van der Waals surface area contributed by atoms with E-state index in [1.807, 2.05) is 50.2 Å². The van der Waals surface area contributed by atoms with E-state index in [2.05, 4.69) is 16.7 Å². The van der Waals surface area contributed by atoms with Gasteiger partial charge >= 0.3 is 0 Å². The Morgan fingerprint density at radius 1 is 0.850 bits per heavy atom. The minimum Gasteiger partial charge on any atom is -0.497 e. The van der Waals surface area contributed by atoms with Gasteiger partial charge in [0.15, 0.2) is 17.3 Å². The first-order valence-electron chi connectivity index (χ1n) is 13.3. The Balaban J connectivity index is 1.53. The minimum absolute atomic E-state index is 0.0285. The number of hydrogen-bond acceptors (Lipinski definition) is 6. The molecule has 2 unspecified atom stereocenters. The van der Waals surface area contributed by atoms with Crippen molar-refractivity contribution in [1.29, 1.82) is 0 Å². The molecule has 2 atom stereocenters. The lowest BCUT2D eigenvalue weighted by molar-refractivity contribution is -0.116. The average molecular weight is 539 g/mol. The van der Waals surface area contributed by atoms with Gasteiger partial charge in [-0.2, -0.15) is 0 Å². The van der Waals surface area contributed by atoms with Crippen molar-refractivity contribution in [3.8, 4) is 17.2 Å². The van der Waals surface area contributed by atoms with Crippen molar-refractivity contribution in [2.24, 2.45) is 0 Å². The van der Waals surface area contributed by atoms with Gasteiger partial charge in [0.1, 0.15) is 5.75 Å². The van der Waals surface area contributed by atoms with Crippen LogP contribution in [0.5, 0.6) is 17.2 Å². The highest BCUT2D eigenvalue weighted by Gasteiger charge is 2.41. The number of carbonyl (C=O) groups excluding carboxylic acids is 2. The fraction of sp³-hybridized carbons (Fsp3) is 0.273. The van der Waals surface area contributed by atoms with Crippen molar-refractivity contribution in [2.45, 2.75) is 38.5 Å². The molecule has 3 aromatic rings. The van der Waals surface area contributed by atoms with Crippen LogP contribution in [0.25, 0.3) is 0 Å². The number of aryl methyl sites for hydroxylation is 1. The van der Waals surface area contributed by atoms with E-state index in [0.29, 0.717) is 46.9 Å². The number of rotatable bonds is 7. The van der Waals surface area contributed by atoms with Crippen LogP contribution in [0, 0.1) is 6.92 Å². The number of allylic oxidation sites excluding steroid dienone is 3. The van der Waals surface area contributed by atoms with Crippen molar-refractivity contribution < 1.29 is 23.8 Å². The van der Waals surface area contributed by atoms with Crippen molar-refractivity contribution in [1.82, 2.24) is 5.32 Å². The maximum absolute atomic E-state index is 13.9. The maximum Gasteiger partial charge on any atom is 0.254 e. The summed E-state index contributed by atoms with van der Waals surface area (Å²) in [5.41, 5.74) is 6.45. The third-order valence-corrected chi connectivity index (χ3v) is 7.67. The molecule has 7 heteroatoms. The second kappa shape index (κ2) is 11.3. The van der Waals surface area contributed by atoms with Crippen LogP contribution in [-0.4, -0.2) is 33.0 Å². The van der Waals surface area contributed by atoms with Gasteiger partial charge in [-0.1, -0.05) is 35.9 Å². The molecular weight excluding hydrogens is 504 g/mol. The van der Waals surface area contributed by atoms with E-state index in [4.69, 9.17) is 14.2 Å². The van der Waals surface area contributed by atoms with E-state index < -0.39 is 5.92 Å². The van der Waals surface area contributed by atoms with Crippen LogP contribution < -0.4 is 24.8 Å². The highest BCUT2D eigenvalue weighted by Crippen LogP contribution is 2.46. The lowest BCUT2D eigenvalue weighted by Crippen LogP contribution is -2.37. The summed E-state index contributed by atoms with van der Waals surface area (Å²) in [6.45, 7) is 3.92. The monoisotopic (exact) mass is 538 g/mol. The largest absolute Gasteiger partial charge is 0.497 e. The molecule has 2 aliphatic rings. The first-order valence-corrected chi connectivity index (χ1v) is 13.3. The third-order valence-electron chi connectivity index (χ3n) is 7.67. The summed E-state index contributed by atoms with van der Waals surface area (Å²) in [4.78, 5) is 27.7. The highest BCUT2D eigenvalue weighted by atomic mass is 16.5. The Hall–Kier alpha value is -4.52. The van der Waals surface area contributed by atoms with Gasteiger partial charge in [-0.3, -0.25) is 9.59 Å². The maximum atomic E-state index is 13.9. The average Bonchev–Trinajstić information content (AvgIpc) is 2.96. The van der Waals surface area contributed by atoms with E-state index in [-0.39, 0.29) is 17.6 Å². The molecule has 206 valence electrons. The Morgan fingerprint density at radius 3 is 2.27 bits per heavy atom. The quantitative estimate of drug-likeness (QED) is 0.383. The zero-order chi connectivity index (χ0) is 28.4. The van der Waals surface area contributed by atoms with E-state index >= 15 is 0 Å². The number of methoxy groups -OCH3 is 3. The Morgan fingerprint density at radius 2 is 1.60 bits per heavy atom. The topological polar surface area (TPSA) is 85.9 Å². The number of amides is 1. The van der Waals surface area contributed by atoms with Gasteiger partial charge in [0.25, 0.3) is 5.91 Å². The number of ether oxygens (including phenoxy) is 3. The third kappa shape index (κ3) is 5.19. The van der Waals surface area contributed by atoms with E-state index in [1.54, 1.807) is 45.6 Å². The molecule has 5 rings (SSSR count). The highest BCUT2D eigenvalue weighted by molar-refractivity contribution is 6.10. The van der Waals surface area contributed by atoms with Gasteiger partial charge < -0.3 is 24.8 Å². The van der Waals surface area contributed by atoms with E-state index in [0.717, 1.165) is 28.1 Å². The van der Waals surface area contributed by atoms with Crippen molar-refractivity contribution >= 4 is 17.4 Å². The Labute approximate surface area is 234 Å². The SMILES string of the molecule is COc1ccc(NC(=O)C2=C(C)NC3=C(C(=O)CC(c4ccc(OC)c(OC)c4)C3)C2c2cccc(C)c2)cc1. The van der Waals surface area contributed by atoms with Gasteiger partial charge in [-0.05, 0) is 73.7 Å². The molecule has 3 aromatic carbocycles. The molecule has 7 nitrogen and oxygen atoms in total. The number of dihydropyridines is 1. The number of benzene rings is 3. The van der Waals surface area contributed by atoms with Gasteiger partial charge in [0.05, 0.1) is 21.3 Å². The standard InChI is InChI=1S/C33H34N2O5/c1-19-7-6-8-22(15-19)31-30(33(37)35-24-10-12-25(38-3)13-11-24)20(2)34-26-16-23(17-27(36)32(26)31)21-9-14-28(39-4)29(18-21)40-5/h6-15,18,23,31,34H,16-17H2,1-5H3,(H,35,37). The second-order valence-corrected chi connectivity index (χ2v) is 10.2. The molecule has 40 heavy (non-hydrogen) atoms. The molecule has 0 aromatic heterocycles. The van der Waals surface area contributed by atoms with Crippen LogP contribution in [0.2, 0.25) is 0 Å². The Bertz CT molecular complexity index is 1520. The minimum atomic E-state index is -0.478. The number of anilines is 1. The lowest BCUT2D eigenvalue weighted by atomic mass is 9.71. The number of carbonyl (C=O) groups is 2. The van der Waals surface area contributed by atoms with Crippen molar-refractivity contribution in [2.75, 3.05) is 26.6 Å². The smallest absolute Gasteiger partial charge is 0.254 e. The van der Waals surface area contributed by atoms with Gasteiger partial charge in [0.2, 0.25) is 0 Å². The lowest BCUT2D eigenvalue weighted by Gasteiger charge is -2.37. The summed E-state index contributed by atoms with van der Waals surface area (Å²) in [6.07, 6.45) is 0.980. The first kappa shape index (κ1) is 27.1. The van der Waals surface area contributed by atoms with Crippen LogP contribution >= 0.6 is 0 Å². The molecule has 1 heterocycles. The second-order valence-electron chi connectivity index (χ2n) is 10.2. The molecule has 0 spiro atoms. The van der Waals surface area contributed by atoms with Crippen LogP contribution in [0.15, 0.2) is 89.3 Å². The molecule has 2 N–H and O–H groups in total. The van der Waals surface area contributed by atoms with Gasteiger partial charge in [-0.25, -0.2) is 0 Å². The molecule has 0 fully saturated rings. The molecule has 0 saturated carbocycles. The molecule has 1 aliphatic heterocycles. The fourth-order valence-corrected chi connectivity index (χ4v) is 5.74. The molecule has 1 aliphatic carbocycles. The van der Waals surface area contributed by atoms with Crippen LogP contribution in [0.4, 0.5) is 5.69 Å². The van der Waals surface area contributed by atoms with Gasteiger partial charge in [-0.15, -0.1) is 0 Å². The van der Waals surface area contributed by atoms with Crippen molar-refractivity contribution in [3.63, 3.8) is 0 Å². The predicted octanol–water partition coefficient (Wildman–Crippen LogP) is 6.02. The zero-order valence-corrected chi connectivity index (χ0v) is 23.5. The zero-order valence-electron chi connectivity index (χ0n) is 23.5. The predicted molar refractivity (Wildman–Crippen MR) is 155 cm³/mol. The number of Topliss-reactive ketones (excluding diaryl/α,β-unsaturated/α-hetero) is 1. The normalized spacial score (nSPS) is 18.6.